The highest BCUT2D eigenvalue weighted by Crippen LogP contribution is 2.26. The number of thiophene rings is 1. The summed E-state index contributed by atoms with van der Waals surface area (Å²) in [5.41, 5.74) is 2.14. The Morgan fingerprint density at radius 3 is 2.88 bits per heavy atom. The van der Waals surface area contributed by atoms with E-state index in [2.05, 4.69) is 10.4 Å². The Balaban J connectivity index is 2.03. The number of hydrogen-bond acceptors (Lipinski definition) is 4. The van der Waals surface area contributed by atoms with Crippen LogP contribution in [0, 0.1) is 0 Å². The first kappa shape index (κ1) is 11.9. The van der Waals surface area contributed by atoms with Gasteiger partial charge in [-0.3, -0.25) is 9.48 Å². The summed E-state index contributed by atoms with van der Waals surface area (Å²) in [4.78, 5) is 12.8. The van der Waals surface area contributed by atoms with Gasteiger partial charge >= 0.3 is 0 Å². The monoisotopic (exact) mass is 249 g/mol. The van der Waals surface area contributed by atoms with E-state index < -0.39 is 0 Å². The van der Waals surface area contributed by atoms with Gasteiger partial charge in [-0.1, -0.05) is 0 Å². The van der Waals surface area contributed by atoms with Gasteiger partial charge in [0.15, 0.2) is 6.29 Å². The normalized spacial score (nSPS) is 10.5. The molecular formula is C12H15N3OS. The highest BCUT2D eigenvalue weighted by atomic mass is 32.1. The fourth-order valence-corrected chi connectivity index (χ4v) is 2.71. The van der Waals surface area contributed by atoms with Crippen LogP contribution in [0.4, 0.5) is 5.69 Å². The second kappa shape index (κ2) is 5.14. The third-order valence-corrected chi connectivity index (χ3v) is 3.73. The highest BCUT2D eigenvalue weighted by molar-refractivity contribution is 7.14. The fraction of sp³-hybridized carbons (Fsp3) is 0.333. The van der Waals surface area contributed by atoms with Crippen molar-refractivity contribution in [1.82, 2.24) is 9.78 Å². The number of rotatable bonds is 5. The van der Waals surface area contributed by atoms with Crippen LogP contribution in [0.2, 0.25) is 0 Å². The third-order valence-electron chi connectivity index (χ3n) is 2.61. The van der Waals surface area contributed by atoms with E-state index in [1.165, 1.54) is 10.4 Å². The van der Waals surface area contributed by atoms with Gasteiger partial charge in [0.05, 0.1) is 16.8 Å². The number of aldehydes is 1. The number of nitrogens with zero attached hydrogens (tertiary/aromatic N) is 2. The van der Waals surface area contributed by atoms with Crippen molar-refractivity contribution in [3.63, 3.8) is 0 Å². The molecule has 0 saturated heterocycles. The second-order valence-corrected chi connectivity index (χ2v) is 5.05. The summed E-state index contributed by atoms with van der Waals surface area (Å²) >= 11 is 1.55. The quantitative estimate of drug-likeness (QED) is 0.826. The molecule has 90 valence electrons. The Morgan fingerprint density at radius 1 is 1.53 bits per heavy atom. The Labute approximate surface area is 104 Å². The zero-order valence-corrected chi connectivity index (χ0v) is 10.8. The molecule has 2 rings (SSSR count). The lowest BCUT2D eigenvalue weighted by Gasteiger charge is -1.94. The molecule has 5 heteroatoms. The minimum atomic E-state index is 0.772. The van der Waals surface area contributed by atoms with Crippen molar-refractivity contribution in [3.05, 3.63) is 33.8 Å². The molecular weight excluding hydrogens is 234 g/mol. The maximum absolute atomic E-state index is 10.8. The van der Waals surface area contributed by atoms with Gasteiger partial charge in [-0.2, -0.15) is 5.10 Å². The van der Waals surface area contributed by atoms with E-state index in [9.17, 15) is 4.79 Å². The average Bonchev–Trinajstić information content (AvgIpc) is 2.92. The molecule has 0 amide bonds. The first-order valence-electron chi connectivity index (χ1n) is 5.46. The molecule has 0 aromatic carbocycles. The molecule has 1 N–H and O–H groups in total. The molecule has 0 atom stereocenters. The molecule has 0 aliphatic rings. The number of nitrogens with one attached hydrogen (secondary N) is 1. The molecule has 2 aromatic rings. The van der Waals surface area contributed by atoms with Crippen LogP contribution in [0.3, 0.4) is 0 Å². The molecule has 2 aromatic heterocycles. The molecule has 4 nitrogen and oxygen atoms in total. The van der Waals surface area contributed by atoms with Crippen LogP contribution in [0.15, 0.2) is 18.5 Å². The molecule has 0 radical (unpaired) electrons. The molecule has 0 aliphatic carbocycles. The maximum atomic E-state index is 10.8. The summed E-state index contributed by atoms with van der Waals surface area (Å²) in [5, 5.41) is 7.17. The molecule has 0 fully saturated rings. The number of aryl methyl sites for hydroxylation is 3. The molecule has 17 heavy (non-hydrogen) atoms. The summed E-state index contributed by atoms with van der Waals surface area (Å²) in [5.74, 6) is 0. The number of carbonyl (C=O) groups is 1. The van der Waals surface area contributed by atoms with Crippen LogP contribution < -0.4 is 5.32 Å². The summed E-state index contributed by atoms with van der Waals surface area (Å²) in [6.45, 7) is 0. The predicted molar refractivity (Wildman–Crippen MR) is 69.9 cm³/mol. The van der Waals surface area contributed by atoms with E-state index in [0.29, 0.717) is 0 Å². The van der Waals surface area contributed by atoms with Gasteiger partial charge in [-0.25, -0.2) is 0 Å². The van der Waals surface area contributed by atoms with Gasteiger partial charge in [0, 0.05) is 25.2 Å². The van der Waals surface area contributed by atoms with Gasteiger partial charge in [-0.15, -0.1) is 11.3 Å². The van der Waals surface area contributed by atoms with Crippen LogP contribution in [-0.2, 0) is 19.9 Å². The Kier molecular flexibility index (Phi) is 3.58. The standard InChI is InChI=1S/C12H15N3OS/c1-13-11-5-10(17-12(11)8-16)4-3-9-6-14-15(2)7-9/h5-8,13H,3-4H2,1-2H3. The lowest BCUT2D eigenvalue weighted by molar-refractivity contribution is 0.112. The summed E-state index contributed by atoms with van der Waals surface area (Å²) in [7, 11) is 3.75. The fourth-order valence-electron chi connectivity index (χ4n) is 1.73. The topological polar surface area (TPSA) is 46.9 Å². The van der Waals surface area contributed by atoms with Gasteiger partial charge < -0.3 is 5.32 Å². The molecule has 0 saturated carbocycles. The zero-order chi connectivity index (χ0) is 12.3. The van der Waals surface area contributed by atoms with Gasteiger partial charge in [0.25, 0.3) is 0 Å². The number of carbonyl (C=O) groups excluding carboxylic acids is 1. The van der Waals surface area contributed by atoms with Crippen LogP contribution in [-0.4, -0.2) is 23.1 Å². The number of aromatic nitrogens is 2. The molecule has 0 aliphatic heterocycles. The van der Waals surface area contributed by atoms with Crippen molar-refractivity contribution in [1.29, 1.82) is 0 Å². The summed E-state index contributed by atoms with van der Waals surface area (Å²) in [6.07, 6.45) is 6.71. The number of anilines is 1. The van der Waals surface area contributed by atoms with Crippen molar-refractivity contribution in [3.8, 4) is 0 Å². The van der Waals surface area contributed by atoms with Gasteiger partial charge in [0.2, 0.25) is 0 Å². The first-order valence-corrected chi connectivity index (χ1v) is 6.27. The van der Waals surface area contributed by atoms with Crippen molar-refractivity contribution < 1.29 is 4.79 Å². The SMILES string of the molecule is CNc1cc(CCc2cnn(C)c2)sc1C=O. The molecule has 2 heterocycles. The van der Waals surface area contributed by atoms with Crippen molar-refractivity contribution >= 4 is 23.3 Å². The Bertz CT molecular complexity index is 516. The van der Waals surface area contributed by atoms with E-state index in [4.69, 9.17) is 0 Å². The third kappa shape index (κ3) is 2.74. The summed E-state index contributed by atoms with van der Waals surface area (Å²) in [6, 6.07) is 2.05. The zero-order valence-electron chi connectivity index (χ0n) is 9.93. The Morgan fingerprint density at radius 2 is 2.35 bits per heavy atom. The van der Waals surface area contributed by atoms with Crippen LogP contribution >= 0.6 is 11.3 Å². The van der Waals surface area contributed by atoms with Crippen LogP contribution in [0.1, 0.15) is 20.1 Å². The maximum Gasteiger partial charge on any atom is 0.162 e. The molecule has 0 spiro atoms. The number of hydrogen-bond donors (Lipinski definition) is 1. The van der Waals surface area contributed by atoms with E-state index in [1.807, 2.05) is 32.6 Å². The van der Waals surface area contributed by atoms with E-state index in [0.717, 1.165) is 29.7 Å². The highest BCUT2D eigenvalue weighted by Gasteiger charge is 2.07. The average molecular weight is 249 g/mol. The Hall–Kier alpha value is -1.62. The largest absolute Gasteiger partial charge is 0.387 e. The molecule has 0 bridgehead atoms. The van der Waals surface area contributed by atoms with E-state index >= 15 is 0 Å². The van der Waals surface area contributed by atoms with Crippen molar-refractivity contribution in [2.45, 2.75) is 12.8 Å². The summed E-state index contributed by atoms with van der Waals surface area (Å²) < 4.78 is 1.81. The van der Waals surface area contributed by atoms with Crippen LogP contribution in [0.25, 0.3) is 0 Å². The lowest BCUT2D eigenvalue weighted by atomic mass is 10.2. The first-order chi connectivity index (χ1) is 8.22. The smallest absolute Gasteiger partial charge is 0.162 e. The van der Waals surface area contributed by atoms with Gasteiger partial charge in [0.1, 0.15) is 0 Å². The van der Waals surface area contributed by atoms with Crippen molar-refractivity contribution in [2.24, 2.45) is 7.05 Å². The second-order valence-electron chi connectivity index (χ2n) is 3.88. The minimum absolute atomic E-state index is 0.772. The van der Waals surface area contributed by atoms with E-state index in [1.54, 1.807) is 16.0 Å². The molecule has 0 unspecified atom stereocenters. The lowest BCUT2D eigenvalue weighted by Crippen LogP contribution is -1.89. The van der Waals surface area contributed by atoms with Crippen molar-refractivity contribution in [2.75, 3.05) is 12.4 Å². The predicted octanol–water partition coefficient (Wildman–Crippen LogP) is 2.12. The van der Waals surface area contributed by atoms with Crippen LogP contribution in [0.5, 0.6) is 0 Å². The van der Waals surface area contributed by atoms with E-state index in [-0.39, 0.29) is 0 Å². The minimum Gasteiger partial charge on any atom is -0.387 e. The van der Waals surface area contributed by atoms with Gasteiger partial charge in [-0.05, 0) is 24.5 Å².